The summed E-state index contributed by atoms with van der Waals surface area (Å²) in [6.07, 6.45) is 4.49. The van der Waals surface area contributed by atoms with E-state index in [0.717, 1.165) is 12.8 Å². The van der Waals surface area contributed by atoms with Gasteiger partial charge in [-0.05, 0) is 61.1 Å². The quantitative estimate of drug-likeness (QED) is 0.913. The first-order valence-electron chi connectivity index (χ1n) is 7.47. The van der Waals surface area contributed by atoms with Crippen molar-refractivity contribution in [3.63, 3.8) is 0 Å². The minimum Gasteiger partial charge on any atom is -0.366 e. The molecular formula is C18H18N2O2. The van der Waals surface area contributed by atoms with Gasteiger partial charge in [-0.1, -0.05) is 18.2 Å². The van der Waals surface area contributed by atoms with Crippen molar-refractivity contribution in [1.82, 2.24) is 0 Å². The number of nitrogens with one attached hydrogen (secondary N) is 1. The Balaban J connectivity index is 1.85. The highest BCUT2D eigenvalue weighted by atomic mass is 16.2. The third-order valence-electron chi connectivity index (χ3n) is 4.05. The molecular weight excluding hydrogens is 276 g/mol. The van der Waals surface area contributed by atoms with E-state index in [1.165, 1.54) is 24.0 Å². The number of hydrogen-bond acceptors (Lipinski definition) is 2. The lowest BCUT2D eigenvalue weighted by atomic mass is 9.90. The minimum atomic E-state index is -0.554. The van der Waals surface area contributed by atoms with Gasteiger partial charge >= 0.3 is 0 Å². The Morgan fingerprint density at radius 3 is 2.45 bits per heavy atom. The van der Waals surface area contributed by atoms with Gasteiger partial charge in [-0.25, -0.2) is 0 Å². The summed E-state index contributed by atoms with van der Waals surface area (Å²) < 4.78 is 0. The maximum absolute atomic E-state index is 12.4. The average molecular weight is 294 g/mol. The highest BCUT2D eigenvalue weighted by molar-refractivity contribution is 6.08. The van der Waals surface area contributed by atoms with Crippen molar-refractivity contribution in [2.75, 3.05) is 5.32 Å². The van der Waals surface area contributed by atoms with Crippen molar-refractivity contribution in [1.29, 1.82) is 0 Å². The van der Waals surface area contributed by atoms with Crippen molar-refractivity contribution in [2.45, 2.75) is 25.7 Å². The van der Waals surface area contributed by atoms with Crippen LogP contribution in [0.15, 0.2) is 42.5 Å². The van der Waals surface area contributed by atoms with Crippen molar-refractivity contribution in [3.8, 4) is 0 Å². The Hall–Kier alpha value is -2.62. The van der Waals surface area contributed by atoms with Gasteiger partial charge in [0.15, 0.2) is 0 Å². The predicted molar refractivity (Wildman–Crippen MR) is 86.0 cm³/mol. The molecule has 0 heterocycles. The Morgan fingerprint density at radius 2 is 1.68 bits per heavy atom. The fraction of sp³-hybridized carbons (Fsp3) is 0.222. The molecule has 2 aromatic rings. The monoisotopic (exact) mass is 294 g/mol. The zero-order valence-electron chi connectivity index (χ0n) is 12.3. The van der Waals surface area contributed by atoms with Crippen molar-refractivity contribution in [2.24, 2.45) is 5.73 Å². The second kappa shape index (κ2) is 6.02. The van der Waals surface area contributed by atoms with Crippen molar-refractivity contribution >= 4 is 17.5 Å². The van der Waals surface area contributed by atoms with Gasteiger partial charge in [0.25, 0.3) is 11.8 Å². The Labute approximate surface area is 129 Å². The van der Waals surface area contributed by atoms with Gasteiger partial charge in [0.1, 0.15) is 0 Å². The van der Waals surface area contributed by atoms with E-state index in [-0.39, 0.29) is 5.91 Å². The summed E-state index contributed by atoms with van der Waals surface area (Å²) in [5.74, 6) is -0.775. The van der Waals surface area contributed by atoms with E-state index in [0.29, 0.717) is 16.8 Å². The van der Waals surface area contributed by atoms with Gasteiger partial charge in [0, 0.05) is 5.56 Å². The van der Waals surface area contributed by atoms with Crippen molar-refractivity contribution < 1.29 is 9.59 Å². The Morgan fingerprint density at radius 1 is 0.955 bits per heavy atom. The van der Waals surface area contributed by atoms with Gasteiger partial charge in [-0.15, -0.1) is 0 Å². The van der Waals surface area contributed by atoms with Crippen LogP contribution in [-0.2, 0) is 12.8 Å². The average Bonchev–Trinajstić information content (AvgIpc) is 2.54. The zero-order valence-corrected chi connectivity index (χ0v) is 12.3. The van der Waals surface area contributed by atoms with Gasteiger partial charge in [-0.3, -0.25) is 9.59 Å². The number of primary amides is 1. The molecule has 0 bridgehead atoms. The Kier molecular flexibility index (Phi) is 3.92. The number of carbonyl (C=O) groups excluding carboxylic acids is 2. The third-order valence-corrected chi connectivity index (χ3v) is 4.05. The lowest BCUT2D eigenvalue weighted by Gasteiger charge is -2.16. The summed E-state index contributed by atoms with van der Waals surface area (Å²) in [7, 11) is 0. The summed E-state index contributed by atoms with van der Waals surface area (Å²) in [5.41, 5.74) is 9.28. The molecule has 0 atom stereocenters. The van der Waals surface area contributed by atoms with Gasteiger partial charge in [0.2, 0.25) is 0 Å². The first kappa shape index (κ1) is 14.3. The van der Waals surface area contributed by atoms with Gasteiger partial charge in [0.05, 0.1) is 11.3 Å². The number of fused-ring (bicyclic) bond motifs is 1. The number of carbonyl (C=O) groups is 2. The second-order valence-corrected chi connectivity index (χ2v) is 5.55. The Bertz CT molecular complexity index is 738. The third kappa shape index (κ3) is 2.86. The van der Waals surface area contributed by atoms with E-state index in [2.05, 4.69) is 5.32 Å². The fourth-order valence-corrected chi connectivity index (χ4v) is 2.88. The number of nitrogens with two attached hydrogens (primary N) is 1. The molecule has 2 aromatic carbocycles. The van der Waals surface area contributed by atoms with Crippen LogP contribution in [0.1, 0.15) is 44.7 Å². The van der Waals surface area contributed by atoms with Crippen molar-refractivity contribution in [3.05, 3.63) is 64.7 Å². The zero-order chi connectivity index (χ0) is 15.5. The number of para-hydroxylation sites is 1. The molecule has 0 radical (unpaired) electrons. The van der Waals surface area contributed by atoms with E-state index < -0.39 is 5.91 Å². The van der Waals surface area contributed by atoms with E-state index in [4.69, 9.17) is 5.73 Å². The largest absolute Gasteiger partial charge is 0.366 e. The smallest absolute Gasteiger partial charge is 0.255 e. The normalized spacial score (nSPS) is 13.3. The van der Waals surface area contributed by atoms with Crippen LogP contribution in [0.25, 0.3) is 0 Å². The highest BCUT2D eigenvalue weighted by Crippen LogP contribution is 2.23. The number of benzene rings is 2. The lowest BCUT2D eigenvalue weighted by molar-refractivity contribution is 0.100. The van der Waals surface area contributed by atoms with Crippen LogP contribution in [0.2, 0.25) is 0 Å². The van der Waals surface area contributed by atoms with E-state index in [1.807, 2.05) is 18.2 Å². The molecule has 0 aromatic heterocycles. The summed E-state index contributed by atoms with van der Waals surface area (Å²) in [6, 6.07) is 12.6. The molecule has 1 aliphatic carbocycles. The van der Waals surface area contributed by atoms with Crippen LogP contribution < -0.4 is 11.1 Å². The molecule has 1 aliphatic rings. The molecule has 0 fully saturated rings. The topological polar surface area (TPSA) is 72.2 Å². The molecule has 3 rings (SSSR count). The van der Waals surface area contributed by atoms with E-state index in [1.54, 1.807) is 24.3 Å². The standard InChI is InChI=1S/C18H18N2O2/c19-17(21)15-7-3-4-8-16(15)20-18(22)14-10-9-12-5-1-2-6-13(12)11-14/h3-4,7-11H,1-2,5-6H2,(H2,19,21)(H,20,22). The molecule has 0 saturated carbocycles. The first-order valence-corrected chi connectivity index (χ1v) is 7.47. The number of anilines is 1. The maximum atomic E-state index is 12.4. The lowest BCUT2D eigenvalue weighted by Crippen LogP contribution is -2.18. The van der Waals surface area contributed by atoms with E-state index >= 15 is 0 Å². The van der Waals surface area contributed by atoms with Crippen LogP contribution >= 0.6 is 0 Å². The number of aryl methyl sites for hydroxylation is 2. The summed E-state index contributed by atoms with van der Waals surface area (Å²) >= 11 is 0. The van der Waals surface area contributed by atoms with Crippen LogP contribution in [0, 0.1) is 0 Å². The first-order chi connectivity index (χ1) is 10.6. The number of hydrogen-bond donors (Lipinski definition) is 2. The molecule has 0 saturated heterocycles. The molecule has 0 unspecified atom stereocenters. The maximum Gasteiger partial charge on any atom is 0.255 e. The van der Waals surface area contributed by atoms with Gasteiger partial charge in [-0.2, -0.15) is 0 Å². The number of rotatable bonds is 3. The molecule has 2 amide bonds. The summed E-state index contributed by atoms with van der Waals surface area (Å²) in [5, 5.41) is 2.78. The molecule has 112 valence electrons. The molecule has 0 aliphatic heterocycles. The molecule has 3 N–H and O–H groups in total. The predicted octanol–water partition coefficient (Wildman–Crippen LogP) is 2.92. The molecule has 4 nitrogen and oxygen atoms in total. The summed E-state index contributed by atoms with van der Waals surface area (Å²) in [4.78, 5) is 23.8. The minimum absolute atomic E-state index is 0.220. The SMILES string of the molecule is NC(=O)c1ccccc1NC(=O)c1ccc2c(c1)CCCC2. The molecule has 4 heteroatoms. The van der Waals surface area contributed by atoms with Gasteiger partial charge < -0.3 is 11.1 Å². The van der Waals surface area contributed by atoms with E-state index in [9.17, 15) is 9.59 Å². The van der Waals surface area contributed by atoms with Crippen LogP contribution in [0.5, 0.6) is 0 Å². The molecule has 0 spiro atoms. The van der Waals surface area contributed by atoms with Crippen LogP contribution in [0.4, 0.5) is 5.69 Å². The summed E-state index contributed by atoms with van der Waals surface area (Å²) in [6.45, 7) is 0. The fourth-order valence-electron chi connectivity index (χ4n) is 2.88. The second-order valence-electron chi connectivity index (χ2n) is 5.55. The van der Waals surface area contributed by atoms with Crippen LogP contribution in [-0.4, -0.2) is 11.8 Å². The number of amides is 2. The highest BCUT2D eigenvalue weighted by Gasteiger charge is 2.15. The molecule has 22 heavy (non-hydrogen) atoms. The van der Waals surface area contributed by atoms with Crippen LogP contribution in [0.3, 0.4) is 0 Å².